The minimum atomic E-state index is -0.499. The second-order valence-corrected chi connectivity index (χ2v) is 3.38. The van der Waals surface area contributed by atoms with Crippen LogP contribution in [0.25, 0.3) is 0 Å². The van der Waals surface area contributed by atoms with E-state index in [0.717, 1.165) is 0 Å². The van der Waals surface area contributed by atoms with Gasteiger partial charge >= 0.3 is 5.82 Å². The van der Waals surface area contributed by atoms with Gasteiger partial charge in [-0.1, -0.05) is 15.9 Å². The molecule has 0 fully saturated rings. The number of rotatable bonds is 2. The van der Waals surface area contributed by atoms with Crippen LogP contribution in [-0.4, -0.2) is 9.91 Å². The molecule has 1 aromatic heterocycles. The molecule has 0 amide bonds. The molecule has 1 aromatic rings. The summed E-state index contributed by atoms with van der Waals surface area (Å²) in [4.78, 5) is 13.7. The first kappa shape index (κ1) is 9.60. The first-order chi connectivity index (χ1) is 5.65. The maximum atomic E-state index is 10.4. The zero-order chi connectivity index (χ0) is 9.14. The van der Waals surface area contributed by atoms with Crippen LogP contribution in [0.4, 0.5) is 5.82 Å². The lowest BCUT2D eigenvalue weighted by atomic mass is 10.3. The lowest BCUT2D eigenvalue weighted by Gasteiger charge is -1.97. The summed E-state index contributed by atoms with van der Waals surface area (Å²) in [5.41, 5.74) is 0.572. The Morgan fingerprint density at radius 1 is 1.58 bits per heavy atom. The second-order valence-electron chi connectivity index (χ2n) is 2.01. The lowest BCUT2D eigenvalue weighted by Crippen LogP contribution is -1.96. The predicted molar refractivity (Wildman–Crippen MR) is 51.2 cm³/mol. The highest BCUT2D eigenvalue weighted by molar-refractivity contribution is 9.10. The van der Waals surface area contributed by atoms with Gasteiger partial charge in [0.15, 0.2) is 0 Å². The Kier molecular flexibility index (Phi) is 3.16. The van der Waals surface area contributed by atoms with E-state index in [4.69, 9.17) is 0 Å². The number of halogens is 2. The zero-order valence-corrected chi connectivity index (χ0v) is 9.00. The van der Waals surface area contributed by atoms with Crippen molar-refractivity contribution in [2.75, 3.05) is 0 Å². The van der Waals surface area contributed by atoms with Crippen LogP contribution in [0.5, 0.6) is 0 Å². The first-order valence-corrected chi connectivity index (χ1v) is 4.92. The molecule has 0 spiro atoms. The Balaban J connectivity index is 3.21. The average Bonchev–Trinajstić information content (AvgIpc) is 2.04. The van der Waals surface area contributed by atoms with E-state index in [1.807, 2.05) is 0 Å². The Bertz CT molecular complexity index is 316. The van der Waals surface area contributed by atoms with Gasteiger partial charge in [0.2, 0.25) is 4.60 Å². The predicted octanol–water partition coefficient (Wildman–Crippen LogP) is 2.65. The van der Waals surface area contributed by atoms with Crippen molar-refractivity contribution >= 4 is 37.7 Å². The molecule has 6 heteroatoms. The molecular formula is C6H4Br2N2O2. The van der Waals surface area contributed by atoms with Gasteiger partial charge in [-0.25, -0.2) is 0 Å². The smallest absolute Gasteiger partial charge is 0.358 e. The van der Waals surface area contributed by atoms with E-state index in [0.29, 0.717) is 15.5 Å². The topological polar surface area (TPSA) is 56.0 Å². The summed E-state index contributed by atoms with van der Waals surface area (Å²) in [5, 5.41) is 10.9. The molecule has 0 aliphatic rings. The van der Waals surface area contributed by atoms with E-state index in [1.54, 1.807) is 12.1 Å². The van der Waals surface area contributed by atoms with Crippen LogP contribution in [0.15, 0.2) is 16.7 Å². The fourth-order valence-electron chi connectivity index (χ4n) is 0.717. The molecule has 64 valence electrons. The maximum absolute atomic E-state index is 10.4. The van der Waals surface area contributed by atoms with Gasteiger partial charge in [-0.3, -0.25) is 0 Å². The van der Waals surface area contributed by atoms with Crippen LogP contribution in [0.1, 0.15) is 5.56 Å². The molecule has 0 aromatic carbocycles. The largest absolute Gasteiger partial charge is 0.368 e. The fourth-order valence-corrected chi connectivity index (χ4v) is 1.45. The van der Waals surface area contributed by atoms with Gasteiger partial charge in [0.25, 0.3) is 0 Å². The minimum absolute atomic E-state index is 0.110. The molecule has 1 rings (SSSR count). The van der Waals surface area contributed by atoms with Gasteiger partial charge in [0.1, 0.15) is 0 Å². The third kappa shape index (κ3) is 2.01. The van der Waals surface area contributed by atoms with Crippen molar-refractivity contribution in [2.45, 2.75) is 5.33 Å². The molecule has 0 bridgehead atoms. The molecule has 4 nitrogen and oxygen atoms in total. The summed E-state index contributed by atoms with van der Waals surface area (Å²) < 4.78 is 0.471. The molecule has 0 aliphatic heterocycles. The SMILES string of the molecule is O=[N+]([O-])c1nc(Br)ccc1CBr. The first-order valence-electron chi connectivity index (χ1n) is 3.01. The standard InChI is InChI=1S/C6H4Br2N2O2/c7-3-4-1-2-5(8)9-6(4)10(11)12/h1-2H,3H2. The van der Waals surface area contributed by atoms with Gasteiger partial charge in [0, 0.05) is 21.3 Å². The van der Waals surface area contributed by atoms with Crippen LogP contribution in [0.3, 0.4) is 0 Å². The van der Waals surface area contributed by atoms with Crippen LogP contribution in [0.2, 0.25) is 0 Å². The Morgan fingerprint density at radius 3 is 2.75 bits per heavy atom. The third-order valence-corrected chi connectivity index (χ3v) is 2.28. The third-order valence-electron chi connectivity index (χ3n) is 1.24. The minimum Gasteiger partial charge on any atom is -0.358 e. The number of nitro groups is 1. The lowest BCUT2D eigenvalue weighted by molar-refractivity contribution is -0.390. The van der Waals surface area contributed by atoms with Gasteiger partial charge in [-0.2, -0.15) is 0 Å². The van der Waals surface area contributed by atoms with Crippen molar-refractivity contribution in [1.29, 1.82) is 0 Å². The number of hydrogen-bond donors (Lipinski definition) is 0. The molecular weight excluding hydrogens is 292 g/mol. The van der Waals surface area contributed by atoms with E-state index < -0.39 is 4.92 Å². The monoisotopic (exact) mass is 294 g/mol. The summed E-state index contributed by atoms with van der Waals surface area (Å²) in [6, 6.07) is 3.33. The van der Waals surface area contributed by atoms with Crippen LogP contribution >= 0.6 is 31.9 Å². The molecule has 0 saturated carbocycles. The summed E-state index contributed by atoms with van der Waals surface area (Å²) in [6.07, 6.45) is 0. The van der Waals surface area contributed by atoms with E-state index in [-0.39, 0.29) is 5.82 Å². The molecule has 0 saturated heterocycles. The molecule has 0 aliphatic carbocycles. The summed E-state index contributed by atoms with van der Waals surface area (Å²) in [5.74, 6) is -0.110. The molecule has 1 heterocycles. The van der Waals surface area contributed by atoms with Crippen LogP contribution < -0.4 is 0 Å². The molecule has 12 heavy (non-hydrogen) atoms. The van der Waals surface area contributed by atoms with E-state index in [2.05, 4.69) is 36.8 Å². The number of pyridine rings is 1. The quantitative estimate of drug-likeness (QED) is 0.365. The van der Waals surface area contributed by atoms with E-state index in [9.17, 15) is 10.1 Å². The number of nitrogens with zero attached hydrogens (tertiary/aromatic N) is 2. The van der Waals surface area contributed by atoms with Crippen molar-refractivity contribution < 1.29 is 4.92 Å². The van der Waals surface area contributed by atoms with Gasteiger partial charge in [0.05, 0.1) is 5.56 Å². The number of alkyl halides is 1. The summed E-state index contributed by atoms with van der Waals surface area (Å²) >= 11 is 6.20. The number of hydrogen-bond acceptors (Lipinski definition) is 3. The Hall–Kier alpha value is -0.490. The van der Waals surface area contributed by atoms with Crippen molar-refractivity contribution in [3.63, 3.8) is 0 Å². The molecule has 0 N–H and O–H groups in total. The molecule has 0 unspecified atom stereocenters. The van der Waals surface area contributed by atoms with Crippen LogP contribution in [0, 0.1) is 10.1 Å². The average molecular weight is 296 g/mol. The fraction of sp³-hybridized carbons (Fsp3) is 0.167. The van der Waals surface area contributed by atoms with E-state index >= 15 is 0 Å². The van der Waals surface area contributed by atoms with E-state index in [1.165, 1.54) is 0 Å². The Labute approximate surface area is 85.4 Å². The van der Waals surface area contributed by atoms with Crippen molar-refractivity contribution in [2.24, 2.45) is 0 Å². The van der Waals surface area contributed by atoms with Gasteiger partial charge in [-0.05, 0) is 22.0 Å². The van der Waals surface area contributed by atoms with Crippen LogP contribution in [-0.2, 0) is 5.33 Å². The summed E-state index contributed by atoms with van der Waals surface area (Å²) in [7, 11) is 0. The Morgan fingerprint density at radius 2 is 2.25 bits per heavy atom. The second kappa shape index (κ2) is 3.95. The highest BCUT2D eigenvalue weighted by Crippen LogP contribution is 2.20. The molecule has 0 radical (unpaired) electrons. The highest BCUT2D eigenvalue weighted by Gasteiger charge is 2.14. The van der Waals surface area contributed by atoms with Gasteiger partial charge in [-0.15, -0.1) is 0 Å². The molecule has 0 atom stereocenters. The van der Waals surface area contributed by atoms with Crippen molar-refractivity contribution in [3.05, 3.63) is 32.4 Å². The summed E-state index contributed by atoms with van der Waals surface area (Å²) in [6.45, 7) is 0. The van der Waals surface area contributed by atoms with Crippen molar-refractivity contribution in [1.82, 2.24) is 4.98 Å². The maximum Gasteiger partial charge on any atom is 0.368 e. The normalized spacial score (nSPS) is 9.83. The van der Waals surface area contributed by atoms with Crippen molar-refractivity contribution in [3.8, 4) is 0 Å². The number of aromatic nitrogens is 1. The van der Waals surface area contributed by atoms with Gasteiger partial charge < -0.3 is 10.1 Å². The zero-order valence-electron chi connectivity index (χ0n) is 5.83. The highest BCUT2D eigenvalue weighted by atomic mass is 79.9.